The van der Waals surface area contributed by atoms with Crippen molar-refractivity contribution in [2.45, 2.75) is 26.2 Å². The molecule has 116 valence electrons. The molecule has 2 aromatic rings. The molecule has 0 saturated carbocycles. The smallest absolute Gasteiger partial charge is 0.277 e. The molecule has 5 heteroatoms. The van der Waals surface area contributed by atoms with Crippen molar-refractivity contribution in [3.05, 3.63) is 52.2 Å². The highest BCUT2D eigenvalue weighted by molar-refractivity contribution is 7.11. The minimum absolute atomic E-state index is 0.0589. The Kier molecular flexibility index (Phi) is 5.33. The zero-order chi connectivity index (χ0) is 16.0. The highest BCUT2D eigenvalue weighted by Gasteiger charge is 2.13. The molecule has 0 aliphatic heterocycles. The molecule has 1 N–H and O–H groups in total. The number of ether oxygens (including phenoxy) is 1. The maximum absolute atomic E-state index is 11.6. The summed E-state index contributed by atoms with van der Waals surface area (Å²) in [4.78, 5) is 12.6. The maximum Gasteiger partial charge on any atom is 0.277 e. The lowest BCUT2D eigenvalue weighted by molar-refractivity contribution is -0.123. The molecule has 0 aliphatic rings. The molecule has 0 spiro atoms. The van der Waals surface area contributed by atoms with E-state index < -0.39 is 0 Å². The second-order valence-corrected chi connectivity index (χ2v) is 6.85. The summed E-state index contributed by atoms with van der Waals surface area (Å²) < 4.78 is 5.44. The van der Waals surface area contributed by atoms with E-state index in [9.17, 15) is 4.79 Å². The lowest BCUT2D eigenvalue weighted by atomic mass is 9.87. The monoisotopic (exact) mass is 316 g/mol. The highest BCUT2D eigenvalue weighted by atomic mass is 32.1. The molecule has 1 heterocycles. The van der Waals surface area contributed by atoms with Gasteiger partial charge in [0.1, 0.15) is 5.75 Å². The molecule has 0 bridgehead atoms. The molecule has 4 nitrogen and oxygen atoms in total. The number of rotatable bonds is 5. The zero-order valence-electron chi connectivity index (χ0n) is 13.0. The van der Waals surface area contributed by atoms with Crippen LogP contribution >= 0.6 is 11.3 Å². The average molecular weight is 316 g/mol. The van der Waals surface area contributed by atoms with Gasteiger partial charge in [-0.05, 0) is 34.6 Å². The Bertz CT molecular complexity index is 626. The number of hydrogen-bond donors (Lipinski definition) is 1. The van der Waals surface area contributed by atoms with Gasteiger partial charge in [-0.3, -0.25) is 4.79 Å². The molecule has 0 radical (unpaired) electrons. The highest BCUT2D eigenvalue weighted by Crippen LogP contribution is 2.24. The molecule has 1 aromatic carbocycles. The van der Waals surface area contributed by atoms with E-state index in [2.05, 4.69) is 31.3 Å². The predicted octanol–water partition coefficient (Wildman–Crippen LogP) is 3.57. The fourth-order valence-corrected chi connectivity index (χ4v) is 2.35. The number of nitrogens with zero attached hydrogens (tertiary/aromatic N) is 1. The Morgan fingerprint density at radius 3 is 2.59 bits per heavy atom. The Balaban J connectivity index is 1.78. The maximum atomic E-state index is 11.6. The van der Waals surface area contributed by atoms with Crippen molar-refractivity contribution in [2.75, 3.05) is 6.61 Å². The first-order valence-corrected chi connectivity index (χ1v) is 7.92. The predicted molar refractivity (Wildman–Crippen MR) is 90.7 cm³/mol. The van der Waals surface area contributed by atoms with Gasteiger partial charge in [0, 0.05) is 4.88 Å². The first-order valence-electron chi connectivity index (χ1n) is 7.04. The molecule has 0 aliphatic carbocycles. The summed E-state index contributed by atoms with van der Waals surface area (Å²) in [7, 11) is 0. The third-order valence-electron chi connectivity index (χ3n) is 3.01. The minimum Gasteiger partial charge on any atom is -0.484 e. The van der Waals surface area contributed by atoms with Crippen LogP contribution in [0.1, 0.15) is 31.2 Å². The first-order chi connectivity index (χ1) is 10.4. The van der Waals surface area contributed by atoms with Gasteiger partial charge in [-0.1, -0.05) is 39.0 Å². The molecule has 0 unspecified atom stereocenters. The van der Waals surface area contributed by atoms with Gasteiger partial charge in [0.25, 0.3) is 5.91 Å². The summed E-state index contributed by atoms with van der Waals surface area (Å²) in [5, 5.41) is 5.83. The van der Waals surface area contributed by atoms with E-state index >= 15 is 0 Å². The van der Waals surface area contributed by atoms with Gasteiger partial charge in [0.2, 0.25) is 0 Å². The molecule has 2 rings (SSSR count). The minimum atomic E-state index is -0.285. The Labute approximate surface area is 134 Å². The van der Waals surface area contributed by atoms with E-state index in [1.807, 2.05) is 41.8 Å². The van der Waals surface area contributed by atoms with Crippen molar-refractivity contribution >= 4 is 23.5 Å². The van der Waals surface area contributed by atoms with E-state index in [1.54, 1.807) is 17.6 Å². The first kappa shape index (κ1) is 16.2. The van der Waals surface area contributed by atoms with Crippen LogP contribution in [-0.2, 0) is 10.2 Å². The fraction of sp³-hybridized carbons (Fsp3) is 0.294. The molecule has 1 aromatic heterocycles. The third-order valence-corrected chi connectivity index (χ3v) is 3.82. The van der Waals surface area contributed by atoms with Gasteiger partial charge in [-0.25, -0.2) is 5.43 Å². The molecule has 0 atom stereocenters. The summed E-state index contributed by atoms with van der Waals surface area (Å²) in [6.45, 7) is 6.41. The van der Waals surface area contributed by atoms with E-state index in [4.69, 9.17) is 4.74 Å². The fourth-order valence-electron chi connectivity index (χ4n) is 1.76. The summed E-state index contributed by atoms with van der Waals surface area (Å²) in [6, 6.07) is 11.6. The molecular formula is C17H20N2O2S. The van der Waals surface area contributed by atoms with E-state index in [-0.39, 0.29) is 17.9 Å². The number of carbonyl (C=O) groups excluding carboxylic acids is 1. The molecular weight excluding hydrogens is 296 g/mol. The van der Waals surface area contributed by atoms with E-state index in [0.717, 1.165) is 4.88 Å². The largest absolute Gasteiger partial charge is 0.484 e. The molecule has 22 heavy (non-hydrogen) atoms. The number of amides is 1. The summed E-state index contributed by atoms with van der Waals surface area (Å²) >= 11 is 1.56. The van der Waals surface area contributed by atoms with Crippen molar-refractivity contribution in [3.63, 3.8) is 0 Å². The van der Waals surface area contributed by atoms with Crippen LogP contribution in [0.3, 0.4) is 0 Å². The number of carbonyl (C=O) groups is 1. The number of thiophene rings is 1. The molecule has 0 fully saturated rings. The van der Waals surface area contributed by atoms with Crippen molar-refractivity contribution < 1.29 is 9.53 Å². The topological polar surface area (TPSA) is 50.7 Å². The van der Waals surface area contributed by atoms with Crippen LogP contribution in [0.15, 0.2) is 46.9 Å². The second-order valence-electron chi connectivity index (χ2n) is 5.87. The van der Waals surface area contributed by atoms with Crippen molar-refractivity contribution in [2.24, 2.45) is 5.10 Å². The van der Waals surface area contributed by atoms with Gasteiger partial charge < -0.3 is 4.74 Å². The quantitative estimate of drug-likeness (QED) is 0.677. The Morgan fingerprint density at radius 2 is 2.00 bits per heavy atom. The van der Waals surface area contributed by atoms with Crippen LogP contribution < -0.4 is 10.2 Å². The third kappa shape index (κ3) is 5.00. The second kappa shape index (κ2) is 7.22. The number of hydrazone groups is 1. The van der Waals surface area contributed by atoms with Crippen LogP contribution in [0.25, 0.3) is 0 Å². The molecule has 1 amide bonds. The lowest BCUT2D eigenvalue weighted by Crippen LogP contribution is -2.24. The Hall–Kier alpha value is -2.14. The lowest BCUT2D eigenvalue weighted by Gasteiger charge is -2.19. The number of benzene rings is 1. The van der Waals surface area contributed by atoms with E-state index in [1.165, 1.54) is 5.56 Å². The van der Waals surface area contributed by atoms with Crippen molar-refractivity contribution in [3.8, 4) is 5.75 Å². The van der Waals surface area contributed by atoms with Crippen LogP contribution in [0.5, 0.6) is 5.75 Å². The summed E-state index contributed by atoms with van der Waals surface area (Å²) in [6.07, 6.45) is 1.61. The average Bonchev–Trinajstić information content (AvgIpc) is 2.98. The number of hydrogen-bond acceptors (Lipinski definition) is 4. The van der Waals surface area contributed by atoms with Crippen LogP contribution in [-0.4, -0.2) is 18.7 Å². The van der Waals surface area contributed by atoms with Crippen LogP contribution in [0.2, 0.25) is 0 Å². The van der Waals surface area contributed by atoms with Crippen molar-refractivity contribution in [1.29, 1.82) is 0 Å². The van der Waals surface area contributed by atoms with Crippen molar-refractivity contribution in [1.82, 2.24) is 5.43 Å². The Morgan fingerprint density at radius 1 is 1.27 bits per heavy atom. The SMILES string of the molecule is CC(C)(C)c1ccc(OCC(=O)N/N=C\c2cccs2)cc1. The van der Waals surface area contributed by atoms with Crippen LogP contribution in [0.4, 0.5) is 0 Å². The summed E-state index contributed by atoms with van der Waals surface area (Å²) in [5.41, 5.74) is 3.77. The van der Waals surface area contributed by atoms with Gasteiger partial charge in [-0.2, -0.15) is 5.10 Å². The number of nitrogens with one attached hydrogen (secondary N) is 1. The zero-order valence-corrected chi connectivity index (χ0v) is 13.8. The summed E-state index contributed by atoms with van der Waals surface area (Å²) in [5.74, 6) is 0.387. The van der Waals surface area contributed by atoms with E-state index in [0.29, 0.717) is 5.75 Å². The van der Waals surface area contributed by atoms with Gasteiger partial charge in [0.05, 0.1) is 6.21 Å². The van der Waals surface area contributed by atoms with Gasteiger partial charge in [0.15, 0.2) is 6.61 Å². The normalized spacial score (nSPS) is 11.6. The van der Waals surface area contributed by atoms with Crippen LogP contribution in [0, 0.1) is 0 Å². The van der Waals surface area contributed by atoms with Gasteiger partial charge in [-0.15, -0.1) is 11.3 Å². The molecule has 0 saturated heterocycles. The van der Waals surface area contributed by atoms with Gasteiger partial charge >= 0.3 is 0 Å². The standard InChI is InChI=1S/C17H20N2O2S/c1-17(2,3)13-6-8-14(9-7-13)21-12-16(20)19-18-11-15-5-4-10-22-15/h4-11H,12H2,1-3H3,(H,19,20)/b18-11-.